The SMILES string of the molecule is Fc1ccc2c(c1)CC(CNc1ccc(Cl)c(F)c1)O2. The van der Waals surface area contributed by atoms with Gasteiger partial charge in [-0.25, -0.2) is 8.78 Å². The van der Waals surface area contributed by atoms with Crippen LogP contribution in [0.1, 0.15) is 5.56 Å². The number of halogens is 3. The number of anilines is 1. The molecule has 20 heavy (non-hydrogen) atoms. The molecule has 1 heterocycles. The van der Waals surface area contributed by atoms with Gasteiger partial charge in [0.25, 0.3) is 0 Å². The maximum atomic E-state index is 13.3. The molecular formula is C15H12ClF2NO. The highest BCUT2D eigenvalue weighted by Crippen LogP contribution is 2.29. The van der Waals surface area contributed by atoms with Crippen LogP contribution in [0.5, 0.6) is 5.75 Å². The molecule has 1 aliphatic rings. The van der Waals surface area contributed by atoms with Crippen LogP contribution in [-0.4, -0.2) is 12.6 Å². The van der Waals surface area contributed by atoms with Gasteiger partial charge in [-0.3, -0.25) is 0 Å². The van der Waals surface area contributed by atoms with Crippen molar-refractivity contribution >= 4 is 17.3 Å². The number of ether oxygens (including phenoxy) is 1. The lowest BCUT2D eigenvalue weighted by atomic mass is 10.1. The van der Waals surface area contributed by atoms with Crippen molar-refractivity contribution in [3.05, 3.63) is 58.6 Å². The Bertz CT molecular complexity index is 648. The first kappa shape index (κ1) is 13.2. The van der Waals surface area contributed by atoms with E-state index >= 15 is 0 Å². The summed E-state index contributed by atoms with van der Waals surface area (Å²) < 4.78 is 32.1. The van der Waals surface area contributed by atoms with Crippen molar-refractivity contribution in [3.63, 3.8) is 0 Å². The molecule has 1 N–H and O–H groups in total. The molecule has 0 aromatic heterocycles. The van der Waals surface area contributed by atoms with E-state index in [1.807, 2.05) is 0 Å². The molecule has 0 saturated heterocycles. The summed E-state index contributed by atoms with van der Waals surface area (Å²) in [5, 5.41) is 3.18. The van der Waals surface area contributed by atoms with E-state index in [1.54, 1.807) is 12.1 Å². The van der Waals surface area contributed by atoms with Crippen LogP contribution in [0.3, 0.4) is 0 Å². The average Bonchev–Trinajstić information content (AvgIpc) is 2.82. The molecule has 0 radical (unpaired) electrons. The minimum absolute atomic E-state index is 0.0921. The maximum Gasteiger partial charge on any atom is 0.143 e. The molecule has 5 heteroatoms. The van der Waals surface area contributed by atoms with Crippen molar-refractivity contribution < 1.29 is 13.5 Å². The second kappa shape index (κ2) is 5.29. The standard InChI is InChI=1S/C15H12ClF2NO/c16-13-3-2-11(7-14(13)18)19-8-12-6-9-5-10(17)1-4-15(9)20-12/h1-5,7,12,19H,6,8H2. The lowest BCUT2D eigenvalue weighted by Gasteiger charge is -2.13. The van der Waals surface area contributed by atoms with Crippen molar-refractivity contribution in [2.45, 2.75) is 12.5 Å². The molecule has 1 aliphatic heterocycles. The first-order valence-electron chi connectivity index (χ1n) is 6.26. The Morgan fingerprint density at radius 3 is 2.85 bits per heavy atom. The molecule has 2 aromatic carbocycles. The molecular weight excluding hydrogens is 284 g/mol. The van der Waals surface area contributed by atoms with Gasteiger partial charge in [0.1, 0.15) is 23.5 Å². The van der Waals surface area contributed by atoms with Gasteiger partial charge in [-0.2, -0.15) is 0 Å². The highest BCUT2D eigenvalue weighted by atomic mass is 35.5. The molecule has 2 aromatic rings. The fraction of sp³-hybridized carbons (Fsp3) is 0.200. The van der Waals surface area contributed by atoms with Gasteiger partial charge in [0.15, 0.2) is 0 Å². The molecule has 0 spiro atoms. The van der Waals surface area contributed by atoms with Crippen molar-refractivity contribution in [3.8, 4) is 5.75 Å². The van der Waals surface area contributed by atoms with Crippen LogP contribution in [0.4, 0.5) is 14.5 Å². The van der Waals surface area contributed by atoms with Gasteiger partial charge >= 0.3 is 0 Å². The second-order valence-corrected chi connectivity index (χ2v) is 5.11. The van der Waals surface area contributed by atoms with Crippen LogP contribution >= 0.6 is 11.6 Å². The monoisotopic (exact) mass is 295 g/mol. The summed E-state index contributed by atoms with van der Waals surface area (Å²) in [5.41, 5.74) is 1.50. The predicted octanol–water partition coefficient (Wildman–Crippen LogP) is 4.03. The number of benzene rings is 2. The van der Waals surface area contributed by atoms with Crippen molar-refractivity contribution in [1.29, 1.82) is 0 Å². The third-order valence-corrected chi connectivity index (χ3v) is 3.52. The predicted molar refractivity (Wildman–Crippen MR) is 74.4 cm³/mol. The quantitative estimate of drug-likeness (QED) is 0.923. The minimum Gasteiger partial charge on any atom is -0.488 e. The fourth-order valence-corrected chi connectivity index (χ4v) is 2.36. The molecule has 3 rings (SSSR count). The van der Waals surface area contributed by atoms with E-state index in [-0.39, 0.29) is 16.9 Å². The maximum absolute atomic E-state index is 13.3. The Labute approximate surface area is 120 Å². The molecule has 0 saturated carbocycles. The van der Waals surface area contributed by atoms with E-state index in [2.05, 4.69) is 5.32 Å². The van der Waals surface area contributed by atoms with E-state index in [4.69, 9.17) is 16.3 Å². The summed E-state index contributed by atoms with van der Waals surface area (Å²) in [6, 6.07) is 9.03. The van der Waals surface area contributed by atoms with Gasteiger partial charge in [-0.15, -0.1) is 0 Å². The van der Waals surface area contributed by atoms with Crippen molar-refractivity contribution in [2.24, 2.45) is 0 Å². The molecule has 0 amide bonds. The largest absolute Gasteiger partial charge is 0.488 e. The van der Waals surface area contributed by atoms with Gasteiger partial charge < -0.3 is 10.1 Å². The number of fused-ring (bicyclic) bond motifs is 1. The van der Waals surface area contributed by atoms with E-state index in [0.29, 0.717) is 24.4 Å². The van der Waals surface area contributed by atoms with E-state index < -0.39 is 5.82 Å². The minimum atomic E-state index is -0.464. The van der Waals surface area contributed by atoms with Crippen molar-refractivity contribution in [1.82, 2.24) is 0 Å². The Balaban J connectivity index is 1.62. The van der Waals surface area contributed by atoms with Crippen LogP contribution < -0.4 is 10.1 Å². The Kier molecular flexibility index (Phi) is 3.49. The average molecular weight is 296 g/mol. The number of hydrogen-bond donors (Lipinski definition) is 1. The van der Waals surface area contributed by atoms with Crippen LogP contribution in [0.2, 0.25) is 5.02 Å². The molecule has 104 valence electrons. The van der Waals surface area contributed by atoms with Gasteiger partial charge in [-0.1, -0.05) is 11.6 Å². The highest BCUT2D eigenvalue weighted by Gasteiger charge is 2.22. The Hall–Kier alpha value is -1.81. The summed E-state index contributed by atoms with van der Waals surface area (Å²) in [6.45, 7) is 0.511. The van der Waals surface area contributed by atoms with Gasteiger partial charge in [0.05, 0.1) is 11.6 Å². The normalized spacial score (nSPS) is 16.6. The molecule has 0 fully saturated rings. The highest BCUT2D eigenvalue weighted by molar-refractivity contribution is 6.30. The number of nitrogens with one attached hydrogen (secondary N) is 1. The van der Waals surface area contributed by atoms with Crippen LogP contribution in [-0.2, 0) is 6.42 Å². The molecule has 2 nitrogen and oxygen atoms in total. The van der Waals surface area contributed by atoms with Crippen molar-refractivity contribution in [2.75, 3.05) is 11.9 Å². The van der Waals surface area contributed by atoms with Gasteiger partial charge in [0, 0.05) is 17.7 Å². The first-order chi connectivity index (χ1) is 9.61. The van der Waals surface area contributed by atoms with Crippen LogP contribution in [0.25, 0.3) is 0 Å². The zero-order chi connectivity index (χ0) is 14.1. The number of rotatable bonds is 3. The molecule has 0 bridgehead atoms. The fourth-order valence-electron chi connectivity index (χ4n) is 2.24. The van der Waals surface area contributed by atoms with Crippen LogP contribution in [0, 0.1) is 11.6 Å². The topological polar surface area (TPSA) is 21.3 Å². The van der Waals surface area contributed by atoms with E-state index in [9.17, 15) is 8.78 Å². The summed E-state index contributed by atoms with van der Waals surface area (Å²) in [6.07, 6.45) is 0.543. The zero-order valence-electron chi connectivity index (χ0n) is 10.5. The summed E-state index contributed by atoms with van der Waals surface area (Å²) >= 11 is 5.62. The summed E-state index contributed by atoms with van der Waals surface area (Å²) in [4.78, 5) is 0. The lowest BCUT2D eigenvalue weighted by Crippen LogP contribution is -2.23. The Morgan fingerprint density at radius 2 is 2.05 bits per heavy atom. The summed E-state index contributed by atoms with van der Waals surface area (Å²) in [5.74, 6) is -0.0180. The van der Waals surface area contributed by atoms with Crippen LogP contribution in [0.15, 0.2) is 36.4 Å². The van der Waals surface area contributed by atoms with E-state index in [1.165, 1.54) is 24.3 Å². The Morgan fingerprint density at radius 1 is 1.20 bits per heavy atom. The van der Waals surface area contributed by atoms with Gasteiger partial charge in [-0.05, 0) is 36.4 Å². The number of hydrogen-bond acceptors (Lipinski definition) is 2. The summed E-state index contributed by atoms with van der Waals surface area (Å²) in [7, 11) is 0. The van der Waals surface area contributed by atoms with E-state index in [0.717, 1.165) is 5.56 Å². The molecule has 0 aliphatic carbocycles. The van der Waals surface area contributed by atoms with Gasteiger partial charge in [0.2, 0.25) is 0 Å². The third kappa shape index (κ3) is 2.70. The zero-order valence-corrected chi connectivity index (χ0v) is 11.3. The smallest absolute Gasteiger partial charge is 0.143 e. The second-order valence-electron chi connectivity index (χ2n) is 4.71. The first-order valence-corrected chi connectivity index (χ1v) is 6.63. The third-order valence-electron chi connectivity index (χ3n) is 3.22. The lowest BCUT2D eigenvalue weighted by molar-refractivity contribution is 0.246. The molecule has 1 unspecified atom stereocenters. The molecule has 1 atom stereocenters.